The van der Waals surface area contributed by atoms with E-state index in [4.69, 9.17) is 0 Å². The van der Waals surface area contributed by atoms with Crippen molar-refractivity contribution in [2.24, 2.45) is 0 Å². The number of hydrogen-bond donors (Lipinski definition) is 1. The molecule has 0 saturated heterocycles. The molecular formula is C12H20N2O2S. The summed E-state index contributed by atoms with van der Waals surface area (Å²) in [4.78, 5) is 0. The highest BCUT2D eigenvalue weighted by Gasteiger charge is 2.17. The molecule has 0 fully saturated rings. The number of nitrogens with zero attached hydrogens (tertiary/aromatic N) is 1. The van der Waals surface area contributed by atoms with Gasteiger partial charge in [0.25, 0.3) is 0 Å². The molecule has 17 heavy (non-hydrogen) atoms. The van der Waals surface area contributed by atoms with Crippen LogP contribution in [0.3, 0.4) is 0 Å². The molecule has 0 saturated carbocycles. The number of sulfonamides is 1. The molecule has 0 radical (unpaired) electrons. The van der Waals surface area contributed by atoms with Crippen LogP contribution < -0.4 is 9.62 Å². The Morgan fingerprint density at radius 1 is 1.24 bits per heavy atom. The fourth-order valence-corrected chi connectivity index (χ4v) is 2.65. The standard InChI is InChI=1S/C12H20N2O2S/c1-4-11-5-7-12(8-6-11)14(3)17(15,16)10-9-13-2/h5-8,13H,4,9-10H2,1-3H3. The fourth-order valence-electron chi connectivity index (χ4n) is 1.47. The summed E-state index contributed by atoms with van der Waals surface area (Å²) in [6.45, 7) is 2.53. The summed E-state index contributed by atoms with van der Waals surface area (Å²) in [5, 5.41) is 2.84. The van der Waals surface area contributed by atoms with Gasteiger partial charge in [-0.1, -0.05) is 19.1 Å². The molecule has 0 unspecified atom stereocenters. The zero-order valence-corrected chi connectivity index (χ0v) is 11.4. The van der Waals surface area contributed by atoms with Crippen molar-refractivity contribution in [2.45, 2.75) is 13.3 Å². The maximum absolute atomic E-state index is 11.9. The van der Waals surface area contributed by atoms with Crippen LogP contribution in [-0.2, 0) is 16.4 Å². The third-order valence-corrected chi connectivity index (χ3v) is 4.50. The van der Waals surface area contributed by atoms with Crippen LogP contribution in [0.25, 0.3) is 0 Å². The predicted octanol–water partition coefficient (Wildman–Crippen LogP) is 1.23. The minimum absolute atomic E-state index is 0.107. The molecule has 1 N–H and O–H groups in total. The molecule has 1 rings (SSSR count). The van der Waals surface area contributed by atoms with Crippen molar-refractivity contribution < 1.29 is 8.42 Å². The number of rotatable bonds is 6. The summed E-state index contributed by atoms with van der Waals surface area (Å²) in [5.41, 5.74) is 1.91. The maximum atomic E-state index is 11.9. The molecule has 5 heteroatoms. The van der Waals surface area contributed by atoms with Crippen molar-refractivity contribution in [3.63, 3.8) is 0 Å². The van der Waals surface area contributed by atoms with Crippen molar-refractivity contribution in [1.82, 2.24) is 5.32 Å². The summed E-state index contributed by atoms with van der Waals surface area (Å²) in [5.74, 6) is 0.107. The van der Waals surface area contributed by atoms with Gasteiger partial charge >= 0.3 is 0 Å². The van der Waals surface area contributed by atoms with E-state index in [1.807, 2.05) is 24.3 Å². The first kappa shape index (κ1) is 14.0. The first-order chi connectivity index (χ1) is 8.01. The van der Waals surface area contributed by atoms with E-state index in [0.717, 1.165) is 6.42 Å². The van der Waals surface area contributed by atoms with Gasteiger partial charge in [0.15, 0.2) is 0 Å². The Kier molecular flexibility index (Phi) is 4.96. The van der Waals surface area contributed by atoms with E-state index >= 15 is 0 Å². The SMILES string of the molecule is CCc1ccc(N(C)S(=O)(=O)CCNC)cc1. The quantitative estimate of drug-likeness (QED) is 0.833. The third-order valence-electron chi connectivity index (χ3n) is 2.74. The normalized spacial score (nSPS) is 11.5. The average Bonchev–Trinajstić information content (AvgIpc) is 2.35. The van der Waals surface area contributed by atoms with E-state index in [2.05, 4.69) is 12.2 Å². The highest BCUT2D eigenvalue weighted by atomic mass is 32.2. The molecule has 1 aromatic carbocycles. The number of benzene rings is 1. The van der Waals surface area contributed by atoms with Gasteiger partial charge in [0.2, 0.25) is 10.0 Å². The summed E-state index contributed by atoms with van der Waals surface area (Å²) >= 11 is 0. The van der Waals surface area contributed by atoms with Gasteiger partial charge in [0, 0.05) is 13.6 Å². The van der Waals surface area contributed by atoms with Gasteiger partial charge in [-0.25, -0.2) is 8.42 Å². The largest absolute Gasteiger partial charge is 0.319 e. The van der Waals surface area contributed by atoms with Gasteiger partial charge in [0.05, 0.1) is 11.4 Å². The van der Waals surface area contributed by atoms with Crippen molar-refractivity contribution in [2.75, 3.05) is 30.7 Å². The second-order valence-corrected chi connectivity index (χ2v) is 6.03. The number of aryl methyl sites for hydroxylation is 1. The molecular weight excluding hydrogens is 236 g/mol. The van der Waals surface area contributed by atoms with Crippen LogP contribution in [0.15, 0.2) is 24.3 Å². The maximum Gasteiger partial charge on any atom is 0.236 e. The van der Waals surface area contributed by atoms with Crippen molar-refractivity contribution in [3.8, 4) is 0 Å². The van der Waals surface area contributed by atoms with E-state index in [0.29, 0.717) is 12.2 Å². The Morgan fingerprint density at radius 2 is 1.82 bits per heavy atom. The predicted molar refractivity (Wildman–Crippen MR) is 71.9 cm³/mol. The molecule has 0 spiro atoms. The lowest BCUT2D eigenvalue weighted by molar-refractivity contribution is 0.592. The summed E-state index contributed by atoms with van der Waals surface area (Å²) in [6, 6.07) is 7.60. The molecule has 0 atom stereocenters. The first-order valence-corrected chi connectivity index (χ1v) is 7.32. The molecule has 0 aromatic heterocycles. The molecule has 0 aliphatic heterocycles. The second kappa shape index (κ2) is 6.02. The summed E-state index contributed by atoms with van der Waals surface area (Å²) < 4.78 is 25.2. The molecule has 0 aliphatic rings. The Bertz CT molecular complexity index is 440. The number of anilines is 1. The average molecular weight is 256 g/mol. The van der Waals surface area contributed by atoms with Gasteiger partial charge in [-0.2, -0.15) is 0 Å². The lowest BCUT2D eigenvalue weighted by Gasteiger charge is -2.19. The Hall–Kier alpha value is -1.07. The van der Waals surface area contributed by atoms with E-state index in [1.165, 1.54) is 9.87 Å². The van der Waals surface area contributed by atoms with Gasteiger partial charge in [-0.05, 0) is 31.2 Å². The highest BCUT2D eigenvalue weighted by Crippen LogP contribution is 2.17. The van der Waals surface area contributed by atoms with Gasteiger partial charge < -0.3 is 5.32 Å². The van der Waals surface area contributed by atoms with Crippen molar-refractivity contribution >= 4 is 15.7 Å². The molecule has 0 bridgehead atoms. The smallest absolute Gasteiger partial charge is 0.236 e. The molecule has 0 heterocycles. The lowest BCUT2D eigenvalue weighted by atomic mass is 10.1. The van der Waals surface area contributed by atoms with E-state index in [9.17, 15) is 8.42 Å². The van der Waals surface area contributed by atoms with Crippen molar-refractivity contribution in [1.29, 1.82) is 0 Å². The molecule has 96 valence electrons. The monoisotopic (exact) mass is 256 g/mol. The summed E-state index contributed by atoms with van der Waals surface area (Å²) in [7, 11) is 0.107. The van der Waals surface area contributed by atoms with Gasteiger partial charge in [0.1, 0.15) is 0 Å². The van der Waals surface area contributed by atoms with E-state index in [-0.39, 0.29) is 5.75 Å². The molecule has 4 nitrogen and oxygen atoms in total. The zero-order chi connectivity index (χ0) is 12.9. The first-order valence-electron chi connectivity index (χ1n) is 5.71. The van der Waals surface area contributed by atoms with Crippen LogP contribution in [-0.4, -0.2) is 34.8 Å². The minimum Gasteiger partial charge on any atom is -0.319 e. The molecule has 1 aromatic rings. The topological polar surface area (TPSA) is 49.4 Å². The van der Waals surface area contributed by atoms with Crippen LogP contribution in [0.5, 0.6) is 0 Å². The highest BCUT2D eigenvalue weighted by molar-refractivity contribution is 7.92. The van der Waals surface area contributed by atoms with E-state index in [1.54, 1.807) is 14.1 Å². The Morgan fingerprint density at radius 3 is 2.29 bits per heavy atom. The van der Waals surface area contributed by atoms with E-state index < -0.39 is 10.0 Å². The fraction of sp³-hybridized carbons (Fsp3) is 0.500. The van der Waals surface area contributed by atoms with Crippen LogP contribution in [0, 0.1) is 0 Å². The van der Waals surface area contributed by atoms with Crippen LogP contribution >= 0.6 is 0 Å². The number of nitrogens with one attached hydrogen (secondary N) is 1. The van der Waals surface area contributed by atoms with Crippen molar-refractivity contribution in [3.05, 3.63) is 29.8 Å². The molecule has 0 amide bonds. The van der Waals surface area contributed by atoms with Gasteiger partial charge in [-0.3, -0.25) is 4.31 Å². The zero-order valence-electron chi connectivity index (χ0n) is 10.6. The van der Waals surface area contributed by atoms with Crippen LogP contribution in [0.4, 0.5) is 5.69 Å². The van der Waals surface area contributed by atoms with Gasteiger partial charge in [-0.15, -0.1) is 0 Å². The Labute approximate surface area is 104 Å². The third kappa shape index (κ3) is 3.71. The lowest BCUT2D eigenvalue weighted by Crippen LogP contribution is -2.32. The van der Waals surface area contributed by atoms with Crippen LogP contribution in [0.2, 0.25) is 0 Å². The molecule has 0 aliphatic carbocycles. The van der Waals surface area contributed by atoms with Crippen LogP contribution in [0.1, 0.15) is 12.5 Å². The second-order valence-electron chi connectivity index (χ2n) is 3.91. The number of hydrogen-bond acceptors (Lipinski definition) is 3. The minimum atomic E-state index is -3.22. The Balaban J connectivity index is 2.84. The summed E-state index contributed by atoms with van der Waals surface area (Å²) in [6.07, 6.45) is 0.955.